The molecule has 0 saturated heterocycles. The Morgan fingerprint density at radius 1 is 1.26 bits per heavy atom. The van der Waals surface area contributed by atoms with Gasteiger partial charge in [-0.25, -0.2) is 0 Å². The first-order chi connectivity index (χ1) is 11.3. The number of benzene rings is 1. The maximum atomic E-state index is 12.7. The Labute approximate surface area is 136 Å². The van der Waals surface area contributed by atoms with Crippen LogP contribution in [0, 0.1) is 0 Å². The molecule has 5 nitrogen and oxygen atoms in total. The Kier molecular flexibility index (Phi) is 5.08. The smallest absolute Gasteiger partial charge is 0.272 e. The summed E-state index contributed by atoms with van der Waals surface area (Å²) in [6.45, 7) is 0.122. The van der Waals surface area contributed by atoms with Crippen LogP contribution in [0.3, 0.4) is 0 Å². The van der Waals surface area contributed by atoms with E-state index < -0.39 is 0 Å². The Bertz CT molecular complexity index is 652. The third-order valence-corrected chi connectivity index (χ3v) is 4.43. The van der Waals surface area contributed by atoms with Crippen LogP contribution < -0.4 is 5.32 Å². The lowest BCUT2D eigenvalue weighted by atomic mass is 9.95. The number of nitrogens with zero attached hydrogens (tertiary/aromatic N) is 1. The zero-order valence-corrected chi connectivity index (χ0v) is 13.2. The normalized spacial score (nSPS) is 15.0. The maximum absolute atomic E-state index is 12.7. The number of hydrogen-bond donors (Lipinski definition) is 3. The van der Waals surface area contributed by atoms with Gasteiger partial charge in [-0.05, 0) is 44.1 Å². The van der Waals surface area contributed by atoms with Crippen LogP contribution in [0.15, 0.2) is 30.3 Å². The summed E-state index contributed by atoms with van der Waals surface area (Å²) < 4.78 is 0. The summed E-state index contributed by atoms with van der Waals surface area (Å²) >= 11 is 0. The van der Waals surface area contributed by atoms with Crippen molar-refractivity contribution in [1.29, 1.82) is 0 Å². The number of H-pyrrole nitrogens is 1. The number of fused-ring (bicyclic) bond motifs is 1. The van der Waals surface area contributed by atoms with E-state index in [-0.39, 0.29) is 18.6 Å². The zero-order valence-electron chi connectivity index (χ0n) is 13.2. The molecule has 122 valence electrons. The second-order valence-electron chi connectivity index (χ2n) is 6.04. The fourth-order valence-corrected chi connectivity index (χ4v) is 3.20. The van der Waals surface area contributed by atoms with Crippen LogP contribution in [0.5, 0.6) is 0 Å². The van der Waals surface area contributed by atoms with Crippen molar-refractivity contribution in [3.8, 4) is 0 Å². The summed E-state index contributed by atoms with van der Waals surface area (Å²) in [6.07, 6.45) is 5.51. The molecule has 1 unspecified atom stereocenters. The van der Waals surface area contributed by atoms with Crippen molar-refractivity contribution in [3.63, 3.8) is 0 Å². The van der Waals surface area contributed by atoms with Crippen LogP contribution in [-0.2, 0) is 12.8 Å². The van der Waals surface area contributed by atoms with Crippen LogP contribution in [0.2, 0.25) is 0 Å². The first kappa shape index (κ1) is 15.7. The molecule has 1 aromatic heterocycles. The molecule has 0 aliphatic heterocycles. The van der Waals surface area contributed by atoms with E-state index in [1.165, 1.54) is 0 Å². The van der Waals surface area contributed by atoms with Crippen molar-refractivity contribution < 1.29 is 9.90 Å². The van der Waals surface area contributed by atoms with Gasteiger partial charge in [-0.2, -0.15) is 5.10 Å². The molecule has 1 atom stereocenters. The summed E-state index contributed by atoms with van der Waals surface area (Å²) in [5, 5.41) is 19.4. The highest BCUT2D eigenvalue weighted by Crippen LogP contribution is 2.24. The van der Waals surface area contributed by atoms with Gasteiger partial charge in [-0.3, -0.25) is 9.89 Å². The molecule has 1 aliphatic rings. The highest BCUT2D eigenvalue weighted by atomic mass is 16.3. The van der Waals surface area contributed by atoms with Crippen molar-refractivity contribution >= 4 is 5.91 Å². The molecule has 1 aliphatic carbocycles. The summed E-state index contributed by atoms with van der Waals surface area (Å²) in [6, 6.07) is 9.78. The SMILES string of the molecule is O=C(NC(CCCO)c1ccccc1)c1n[nH]c2c1CCCC2. The number of carbonyl (C=O) groups excluding carboxylic acids is 1. The summed E-state index contributed by atoms with van der Waals surface area (Å²) in [7, 11) is 0. The predicted octanol–water partition coefficient (Wildman–Crippen LogP) is 2.53. The number of carbonyl (C=O) groups is 1. The molecular weight excluding hydrogens is 290 g/mol. The number of aryl methyl sites for hydroxylation is 1. The highest BCUT2D eigenvalue weighted by molar-refractivity contribution is 5.94. The molecule has 3 N–H and O–H groups in total. The van der Waals surface area contributed by atoms with Gasteiger partial charge in [-0.1, -0.05) is 30.3 Å². The third kappa shape index (κ3) is 3.62. The van der Waals surface area contributed by atoms with Crippen LogP contribution in [0.4, 0.5) is 0 Å². The quantitative estimate of drug-likeness (QED) is 0.767. The molecule has 0 bridgehead atoms. The number of aliphatic hydroxyl groups excluding tert-OH is 1. The molecule has 5 heteroatoms. The van der Waals surface area contributed by atoms with E-state index in [9.17, 15) is 4.79 Å². The molecule has 0 saturated carbocycles. The van der Waals surface area contributed by atoms with Gasteiger partial charge in [-0.15, -0.1) is 0 Å². The molecule has 0 spiro atoms. The Balaban J connectivity index is 1.77. The third-order valence-electron chi connectivity index (χ3n) is 4.43. The molecule has 0 radical (unpaired) electrons. The molecule has 1 heterocycles. The highest BCUT2D eigenvalue weighted by Gasteiger charge is 2.23. The Morgan fingerprint density at radius 2 is 2.04 bits per heavy atom. The van der Waals surface area contributed by atoms with E-state index in [1.807, 2.05) is 30.3 Å². The summed E-state index contributed by atoms with van der Waals surface area (Å²) in [4.78, 5) is 12.7. The Morgan fingerprint density at radius 3 is 2.83 bits per heavy atom. The van der Waals surface area contributed by atoms with Crippen molar-refractivity contribution in [2.75, 3.05) is 6.61 Å². The van der Waals surface area contributed by atoms with Gasteiger partial charge >= 0.3 is 0 Å². The number of aromatic amines is 1. The molecule has 0 fully saturated rings. The van der Waals surface area contributed by atoms with E-state index in [0.717, 1.165) is 42.5 Å². The minimum atomic E-state index is -0.129. The molecule has 3 rings (SSSR count). The van der Waals surface area contributed by atoms with Gasteiger partial charge in [0.15, 0.2) is 5.69 Å². The summed E-state index contributed by atoms with van der Waals surface area (Å²) in [5.41, 5.74) is 3.76. The van der Waals surface area contributed by atoms with E-state index in [4.69, 9.17) is 5.11 Å². The van der Waals surface area contributed by atoms with Gasteiger partial charge in [0.25, 0.3) is 5.91 Å². The standard InChI is InChI=1S/C18H23N3O2/c22-12-6-11-15(13-7-2-1-3-8-13)19-18(23)17-14-9-4-5-10-16(14)20-21-17/h1-3,7-8,15,22H,4-6,9-12H2,(H,19,23)(H,20,21). The first-order valence-corrected chi connectivity index (χ1v) is 8.32. The lowest BCUT2D eigenvalue weighted by Crippen LogP contribution is -2.30. The fraction of sp³-hybridized carbons (Fsp3) is 0.444. The lowest BCUT2D eigenvalue weighted by molar-refractivity contribution is 0.0926. The van der Waals surface area contributed by atoms with Crippen LogP contribution in [0.25, 0.3) is 0 Å². The van der Waals surface area contributed by atoms with Crippen LogP contribution in [-0.4, -0.2) is 27.8 Å². The van der Waals surface area contributed by atoms with E-state index in [1.54, 1.807) is 0 Å². The molecular formula is C18H23N3O2. The number of amides is 1. The van der Waals surface area contributed by atoms with Crippen molar-refractivity contribution in [3.05, 3.63) is 52.8 Å². The zero-order chi connectivity index (χ0) is 16.1. The van der Waals surface area contributed by atoms with Crippen molar-refractivity contribution in [2.45, 2.75) is 44.6 Å². The maximum Gasteiger partial charge on any atom is 0.272 e. The molecule has 1 aromatic carbocycles. The molecule has 23 heavy (non-hydrogen) atoms. The second-order valence-corrected chi connectivity index (χ2v) is 6.04. The fourth-order valence-electron chi connectivity index (χ4n) is 3.20. The average molecular weight is 313 g/mol. The van der Waals surface area contributed by atoms with Gasteiger partial charge in [0.05, 0.1) is 6.04 Å². The number of hydrogen-bond acceptors (Lipinski definition) is 3. The average Bonchev–Trinajstić information content (AvgIpc) is 3.03. The number of aliphatic hydroxyl groups is 1. The number of nitrogens with one attached hydrogen (secondary N) is 2. The minimum Gasteiger partial charge on any atom is -0.396 e. The second kappa shape index (κ2) is 7.42. The molecule has 2 aromatic rings. The first-order valence-electron chi connectivity index (χ1n) is 8.32. The van der Waals surface area contributed by atoms with Crippen molar-refractivity contribution in [2.24, 2.45) is 0 Å². The van der Waals surface area contributed by atoms with E-state index in [0.29, 0.717) is 18.5 Å². The van der Waals surface area contributed by atoms with E-state index in [2.05, 4.69) is 15.5 Å². The lowest BCUT2D eigenvalue weighted by Gasteiger charge is -2.19. The van der Waals surface area contributed by atoms with Crippen LogP contribution >= 0.6 is 0 Å². The van der Waals surface area contributed by atoms with Crippen LogP contribution in [0.1, 0.15) is 59.0 Å². The summed E-state index contributed by atoms with van der Waals surface area (Å²) in [5.74, 6) is -0.129. The van der Waals surface area contributed by atoms with Gasteiger partial charge in [0.2, 0.25) is 0 Å². The van der Waals surface area contributed by atoms with Gasteiger partial charge < -0.3 is 10.4 Å². The van der Waals surface area contributed by atoms with Gasteiger partial charge in [0.1, 0.15) is 0 Å². The topological polar surface area (TPSA) is 78.0 Å². The monoisotopic (exact) mass is 313 g/mol. The number of aromatic nitrogens is 2. The Hall–Kier alpha value is -2.14. The van der Waals surface area contributed by atoms with Crippen molar-refractivity contribution in [1.82, 2.24) is 15.5 Å². The number of rotatable bonds is 6. The minimum absolute atomic E-state index is 0.105. The van der Waals surface area contributed by atoms with E-state index >= 15 is 0 Å². The molecule has 1 amide bonds. The van der Waals surface area contributed by atoms with Gasteiger partial charge in [0, 0.05) is 17.9 Å². The predicted molar refractivity (Wildman–Crippen MR) is 88.2 cm³/mol. The largest absolute Gasteiger partial charge is 0.396 e.